The molecule has 0 fully saturated rings. The summed E-state index contributed by atoms with van der Waals surface area (Å²) in [4.78, 5) is 14.4. The summed E-state index contributed by atoms with van der Waals surface area (Å²) in [5.74, 6) is 0.722. The Hall–Kier alpha value is -1.56. The molecule has 0 radical (unpaired) electrons. The summed E-state index contributed by atoms with van der Waals surface area (Å²) < 4.78 is 6.84. The van der Waals surface area contributed by atoms with Crippen molar-refractivity contribution in [2.75, 3.05) is 13.2 Å². The van der Waals surface area contributed by atoms with Crippen LogP contribution in [0, 0.1) is 3.57 Å². The topological polar surface area (TPSA) is 29.5 Å². The minimum atomic E-state index is 0.0386. The predicted octanol–water partition coefficient (Wildman–Crippen LogP) is 3.33. The molecule has 0 N–H and O–H groups in total. The van der Waals surface area contributed by atoms with Crippen LogP contribution in [-0.4, -0.2) is 24.0 Å². The largest absolute Gasteiger partial charge is 0.491 e. The number of hydrogen-bond donors (Lipinski definition) is 0. The van der Waals surface area contributed by atoms with Gasteiger partial charge in [0.25, 0.3) is 5.91 Å². The highest BCUT2D eigenvalue weighted by atomic mass is 127. The van der Waals surface area contributed by atoms with Crippen LogP contribution in [0.1, 0.15) is 15.9 Å². The number of halogens is 1. The molecule has 0 bridgehead atoms. The molecule has 1 aliphatic heterocycles. The molecule has 1 amide bonds. The Balaban J connectivity index is 1.84. The van der Waals surface area contributed by atoms with E-state index in [1.54, 1.807) is 0 Å². The summed E-state index contributed by atoms with van der Waals surface area (Å²) in [6.07, 6.45) is 0. The molecular formula is C16H14INO2. The molecule has 0 saturated heterocycles. The summed E-state index contributed by atoms with van der Waals surface area (Å²) in [7, 11) is 0. The van der Waals surface area contributed by atoms with Gasteiger partial charge in [0.2, 0.25) is 0 Å². The standard InChI is InChI=1S/C16H14INO2/c17-13-7-5-12(6-8-13)11-18-9-10-20-15-4-2-1-3-14(15)16(18)19/h1-8H,9-11H2. The van der Waals surface area contributed by atoms with Gasteiger partial charge in [-0.15, -0.1) is 0 Å². The minimum absolute atomic E-state index is 0.0386. The second kappa shape index (κ2) is 5.83. The number of benzene rings is 2. The molecule has 0 unspecified atom stereocenters. The number of para-hydroxylation sites is 1. The fourth-order valence-corrected chi connectivity index (χ4v) is 2.63. The van der Waals surface area contributed by atoms with E-state index in [1.807, 2.05) is 29.2 Å². The first kappa shape index (κ1) is 13.4. The number of nitrogens with zero attached hydrogens (tertiary/aromatic N) is 1. The van der Waals surface area contributed by atoms with Crippen LogP contribution in [0.2, 0.25) is 0 Å². The third kappa shape index (κ3) is 2.80. The van der Waals surface area contributed by atoms with E-state index in [-0.39, 0.29) is 5.91 Å². The van der Waals surface area contributed by atoms with E-state index in [0.29, 0.717) is 31.0 Å². The first-order valence-corrected chi connectivity index (χ1v) is 7.57. The number of fused-ring (bicyclic) bond motifs is 1. The number of carbonyl (C=O) groups is 1. The number of hydrogen-bond acceptors (Lipinski definition) is 2. The Morgan fingerprint density at radius 1 is 1.10 bits per heavy atom. The fraction of sp³-hybridized carbons (Fsp3) is 0.188. The maximum Gasteiger partial charge on any atom is 0.258 e. The number of amides is 1. The van der Waals surface area contributed by atoms with Crippen molar-refractivity contribution in [1.29, 1.82) is 0 Å². The summed E-state index contributed by atoms with van der Waals surface area (Å²) in [6.45, 7) is 1.76. The molecule has 2 aromatic carbocycles. The van der Waals surface area contributed by atoms with Gasteiger partial charge in [-0.3, -0.25) is 4.79 Å². The van der Waals surface area contributed by atoms with Crippen molar-refractivity contribution in [2.24, 2.45) is 0 Å². The Bertz CT molecular complexity index is 625. The van der Waals surface area contributed by atoms with Gasteiger partial charge in [0.15, 0.2) is 0 Å². The lowest BCUT2D eigenvalue weighted by atomic mass is 10.1. The zero-order chi connectivity index (χ0) is 13.9. The van der Waals surface area contributed by atoms with Gasteiger partial charge < -0.3 is 9.64 Å². The molecular weight excluding hydrogens is 365 g/mol. The van der Waals surface area contributed by atoms with Gasteiger partial charge in [0, 0.05) is 10.1 Å². The zero-order valence-corrected chi connectivity index (χ0v) is 13.0. The monoisotopic (exact) mass is 379 g/mol. The van der Waals surface area contributed by atoms with Crippen molar-refractivity contribution < 1.29 is 9.53 Å². The van der Waals surface area contributed by atoms with E-state index in [2.05, 4.69) is 46.9 Å². The maximum atomic E-state index is 12.6. The van der Waals surface area contributed by atoms with E-state index in [4.69, 9.17) is 4.74 Å². The molecule has 0 aromatic heterocycles. The van der Waals surface area contributed by atoms with Crippen LogP contribution in [0.4, 0.5) is 0 Å². The molecule has 3 nitrogen and oxygen atoms in total. The fourth-order valence-electron chi connectivity index (χ4n) is 2.27. The highest BCUT2D eigenvalue weighted by molar-refractivity contribution is 14.1. The van der Waals surface area contributed by atoms with Gasteiger partial charge in [-0.1, -0.05) is 24.3 Å². The van der Waals surface area contributed by atoms with E-state index in [1.165, 1.54) is 3.57 Å². The second-order valence-corrected chi connectivity index (χ2v) is 5.94. The van der Waals surface area contributed by atoms with Crippen LogP contribution in [0.15, 0.2) is 48.5 Å². The van der Waals surface area contributed by atoms with Crippen molar-refractivity contribution in [1.82, 2.24) is 4.90 Å². The van der Waals surface area contributed by atoms with Crippen molar-refractivity contribution in [3.8, 4) is 5.75 Å². The quantitative estimate of drug-likeness (QED) is 0.750. The lowest BCUT2D eigenvalue weighted by Crippen LogP contribution is -2.31. The Morgan fingerprint density at radius 3 is 2.65 bits per heavy atom. The Labute approximate surface area is 131 Å². The maximum absolute atomic E-state index is 12.6. The number of rotatable bonds is 2. The molecule has 0 aliphatic carbocycles. The number of carbonyl (C=O) groups excluding carboxylic acids is 1. The number of ether oxygens (including phenoxy) is 1. The normalized spacial score (nSPS) is 14.4. The molecule has 20 heavy (non-hydrogen) atoms. The van der Waals surface area contributed by atoms with Crippen molar-refractivity contribution in [3.05, 3.63) is 63.2 Å². The highest BCUT2D eigenvalue weighted by Crippen LogP contribution is 2.23. The minimum Gasteiger partial charge on any atom is -0.491 e. The van der Waals surface area contributed by atoms with Crippen LogP contribution in [0.25, 0.3) is 0 Å². The first-order chi connectivity index (χ1) is 9.74. The smallest absolute Gasteiger partial charge is 0.258 e. The lowest BCUT2D eigenvalue weighted by molar-refractivity contribution is 0.0743. The molecule has 2 aromatic rings. The Morgan fingerprint density at radius 2 is 1.85 bits per heavy atom. The van der Waals surface area contributed by atoms with Gasteiger partial charge in [0.1, 0.15) is 12.4 Å². The van der Waals surface area contributed by atoms with Crippen molar-refractivity contribution in [2.45, 2.75) is 6.54 Å². The van der Waals surface area contributed by atoms with Crippen LogP contribution < -0.4 is 4.74 Å². The molecule has 102 valence electrons. The van der Waals surface area contributed by atoms with Gasteiger partial charge >= 0.3 is 0 Å². The Kier molecular flexibility index (Phi) is 3.91. The lowest BCUT2D eigenvalue weighted by Gasteiger charge is -2.20. The van der Waals surface area contributed by atoms with Gasteiger partial charge in [-0.25, -0.2) is 0 Å². The third-order valence-electron chi connectivity index (χ3n) is 3.31. The van der Waals surface area contributed by atoms with Crippen molar-refractivity contribution in [3.63, 3.8) is 0 Å². The predicted molar refractivity (Wildman–Crippen MR) is 85.8 cm³/mol. The van der Waals surface area contributed by atoms with Gasteiger partial charge in [0.05, 0.1) is 12.1 Å². The van der Waals surface area contributed by atoms with E-state index >= 15 is 0 Å². The molecule has 1 heterocycles. The molecule has 0 saturated carbocycles. The zero-order valence-electron chi connectivity index (χ0n) is 10.9. The molecule has 0 spiro atoms. The summed E-state index contributed by atoms with van der Waals surface area (Å²) in [5, 5.41) is 0. The molecule has 1 aliphatic rings. The van der Waals surface area contributed by atoms with Crippen LogP contribution in [0.3, 0.4) is 0 Å². The summed E-state index contributed by atoms with van der Waals surface area (Å²) >= 11 is 2.28. The molecule has 3 rings (SSSR count). The average Bonchev–Trinajstić information content (AvgIpc) is 2.62. The highest BCUT2D eigenvalue weighted by Gasteiger charge is 2.22. The molecule has 0 atom stereocenters. The van der Waals surface area contributed by atoms with Gasteiger partial charge in [-0.2, -0.15) is 0 Å². The first-order valence-electron chi connectivity index (χ1n) is 6.49. The van der Waals surface area contributed by atoms with Crippen LogP contribution >= 0.6 is 22.6 Å². The summed E-state index contributed by atoms with van der Waals surface area (Å²) in [5.41, 5.74) is 1.79. The SMILES string of the molecule is O=C1c2ccccc2OCCN1Cc1ccc(I)cc1. The van der Waals surface area contributed by atoms with E-state index < -0.39 is 0 Å². The van der Waals surface area contributed by atoms with Crippen LogP contribution in [-0.2, 0) is 6.54 Å². The summed E-state index contributed by atoms with van der Waals surface area (Å²) in [6, 6.07) is 15.7. The third-order valence-corrected chi connectivity index (χ3v) is 4.03. The van der Waals surface area contributed by atoms with E-state index in [0.717, 1.165) is 5.56 Å². The van der Waals surface area contributed by atoms with Crippen LogP contribution in [0.5, 0.6) is 5.75 Å². The van der Waals surface area contributed by atoms with E-state index in [9.17, 15) is 4.79 Å². The molecule has 4 heteroatoms. The van der Waals surface area contributed by atoms with Gasteiger partial charge in [-0.05, 0) is 52.4 Å². The second-order valence-electron chi connectivity index (χ2n) is 4.70. The average molecular weight is 379 g/mol. The van der Waals surface area contributed by atoms with Crippen molar-refractivity contribution >= 4 is 28.5 Å².